The van der Waals surface area contributed by atoms with Crippen LogP contribution in [0.3, 0.4) is 0 Å². The fraction of sp³-hybridized carbons (Fsp3) is 0.190. The van der Waals surface area contributed by atoms with E-state index in [0.717, 1.165) is 47.1 Å². The van der Waals surface area contributed by atoms with E-state index in [-0.39, 0.29) is 10.9 Å². The normalized spacial score (nSPS) is 14.7. The minimum Gasteiger partial charge on any atom is -0.453 e. The predicted octanol–water partition coefficient (Wildman–Crippen LogP) is 3.83. The van der Waals surface area contributed by atoms with Gasteiger partial charge < -0.3 is 14.9 Å². The molecule has 28 heavy (non-hydrogen) atoms. The van der Waals surface area contributed by atoms with Crippen LogP contribution in [-0.4, -0.2) is 16.8 Å². The molecule has 1 aliphatic rings. The number of fused-ring (bicyclic) bond motifs is 2. The highest BCUT2D eigenvalue weighted by atomic mass is 32.1. The second kappa shape index (κ2) is 7.44. The van der Waals surface area contributed by atoms with E-state index in [1.165, 1.54) is 0 Å². The summed E-state index contributed by atoms with van der Waals surface area (Å²) >= 11 is 4.82. The summed E-state index contributed by atoms with van der Waals surface area (Å²) in [5.74, 6) is 0.908. The first-order chi connectivity index (χ1) is 13.5. The van der Waals surface area contributed by atoms with Crippen molar-refractivity contribution in [3.63, 3.8) is 0 Å². The average Bonchev–Trinajstić information content (AvgIpc) is 3.04. The fourth-order valence-electron chi connectivity index (χ4n) is 3.53. The van der Waals surface area contributed by atoms with Crippen LogP contribution in [0.4, 0.5) is 0 Å². The summed E-state index contributed by atoms with van der Waals surface area (Å²) in [6.45, 7) is 1.84. The molecule has 0 atom stereocenters. The summed E-state index contributed by atoms with van der Waals surface area (Å²) in [6.07, 6.45) is 2.36. The molecule has 0 amide bonds. The van der Waals surface area contributed by atoms with Crippen LogP contribution in [0.5, 0.6) is 5.75 Å². The van der Waals surface area contributed by atoms with Crippen molar-refractivity contribution in [1.82, 2.24) is 5.43 Å². The van der Waals surface area contributed by atoms with Crippen molar-refractivity contribution in [2.24, 2.45) is 10.8 Å². The number of hydrogen-bond donors (Lipinski definition) is 2. The molecule has 0 spiro atoms. The third kappa shape index (κ3) is 3.36. The molecule has 1 heterocycles. The van der Waals surface area contributed by atoms with Crippen LogP contribution < -0.4 is 15.9 Å². The van der Waals surface area contributed by atoms with Gasteiger partial charge in [0.25, 0.3) is 0 Å². The maximum atomic E-state index is 12.9. The summed E-state index contributed by atoms with van der Waals surface area (Å²) in [6, 6.07) is 13.4. The molecule has 0 saturated carbocycles. The molecule has 0 bridgehead atoms. The topological polar surface area (TPSA) is 89.8 Å². The van der Waals surface area contributed by atoms with Crippen molar-refractivity contribution in [3.05, 3.63) is 65.1 Å². The molecule has 7 heteroatoms. The number of carbonyl (C=O) groups is 1. The predicted molar refractivity (Wildman–Crippen MR) is 112 cm³/mol. The molecular weight excluding hydrogens is 374 g/mol. The largest absolute Gasteiger partial charge is 0.453 e. The van der Waals surface area contributed by atoms with Crippen molar-refractivity contribution < 1.29 is 13.9 Å². The minimum absolute atomic E-state index is 0.0939. The van der Waals surface area contributed by atoms with Crippen LogP contribution in [0.2, 0.25) is 0 Å². The van der Waals surface area contributed by atoms with Crippen LogP contribution in [-0.2, 0) is 6.42 Å². The average molecular weight is 393 g/mol. The summed E-state index contributed by atoms with van der Waals surface area (Å²) < 4.78 is 11.5. The number of esters is 1. The quantitative estimate of drug-likeness (QED) is 0.304. The van der Waals surface area contributed by atoms with Crippen molar-refractivity contribution in [2.45, 2.75) is 26.2 Å². The lowest BCUT2D eigenvalue weighted by molar-refractivity contribution is 0.0700. The smallest absolute Gasteiger partial charge is 0.379 e. The van der Waals surface area contributed by atoms with Gasteiger partial charge >= 0.3 is 5.97 Å². The SMILES string of the molecule is Cc1c(C(=O)Oc2cccc3ccccc23)oc2c1/C(=N/NC(N)=S)CCC2. The first-order valence-corrected chi connectivity index (χ1v) is 9.40. The Kier molecular flexibility index (Phi) is 4.83. The maximum absolute atomic E-state index is 12.9. The van der Waals surface area contributed by atoms with Gasteiger partial charge in [0.15, 0.2) is 5.11 Å². The van der Waals surface area contributed by atoms with Crippen LogP contribution >= 0.6 is 12.2 Å². The number of hydrogen-bond acceptors (Lipinski definition) is 5. The molecule has 3 aromatic rings. The van der Waals surface area contributed by atoms with Gasteiger partial charge in [0.1, 0.15) is 11.5 Å². The number of aryl methyl sites for hydroxylation is 1. The highest BCUT2D eigenvalue weighted by Gasteiger charge is 2.29. The number of carbonyl (C=O) groups excluding carboxylic acids is 1. The van der Waals surface area contributed by atoms with E-state index in [1.807, 2.05) is 43.3 Å². The molecule has 0 aliphatic heterocycles. The zero-order valence-electron chi connectivity index (χ0n) is 15.3. The monoisotopic (exact) mass is 393 g/mol. The lowest BCUT2D eigenvalue weighted by Crippen LogP contribution is -2.26. The van der Waals surface area contributed by atoms with Crippen LogP contribution in [0.25, 0.3) is 10.8 Å². The number of hydrazone groups is 1. The Bertz CT molecular complexity index is 1110. The summed E-state index contributed by atoms with van der Waals surface area (Å²) in [5.41, 5.74) is 10.4. The van der Waals surface area contributed by atoms with Crippen LogP contribution in [0.15, 0.2) is 52.0 Å². The van der Waals surface area contributed by atoms with Crippen molar-refractivity contribution in [1.29, 1.82) is 0 Å². The van der Waals surface area contributed by atoms with E-state index in [4.69, 9.17) is 27.1 Å². The number of nitrogens with zero attached hydrogens (tertiary/aromatic N) is 1. The first kappa shape index (κ1) is 18.2. The van der Waals surface area contributed by atoms with E-state index >= 15 is 0 Å². The Morgan fingerprint density at radius 1 is 1.21 bits per heavy atom. The number of benzene rings is 2. The van der Waals surface area contributed by atoms with Gasteiger partial charge in [-0.1, -0.05) is 36.4 Å². The highest BCUT2D eigenvalue weighted by Crippen LogP contribution is 2.31. The number of ether oxygens (including phenoxy) is 1. The number of thiocarbonyl (C=S) groups is 1. The third-order valence-electron chi connectivity index (χ3n) is 4.76. The van der Waals surface area contributed by atoms with E-state index < -0.39 is 5.97 Å². The van der Waals surface area contributed by atoms with Crippen molar-refractivity contribution >= 4 is 39.8 Å². The van der Waals surface area contributed by atoms with Gasteiger partial charge in [0, 0.05) is 22.9 Å². The molecule has 0 radical (unpaired) electrons. The molecule has 1 aromatic heterocycles. The molecular formula is C21H19N3O3S. The van der Waals surface area contributed by atoms with Gasteiger partial charge in [-0.25, -0.2) is 4.79 Å². The Morgan fingerprint density at radius 3 is 2.82 bits per heavy atom. The maximum Gasteiger partial charge on any atom is 0.379 e. The fourth-order valence-corrected chi connectivity index (χ4v) is 3.57. The van der Waals surface area contributed by atoms with Crippen LogP contribution in [0.1, 0.15) is 40.3 Å². The molecule has 0 fully saturated rings. The van der Waals surface area contributed by atoms with Crippen LogP contribution in [0, 0.1) is 6.92 Å². The molecule has 0 saturated heterocycles. The molecule has 6 nitrogen and oxygen atoms in total. The molecule has 1 aliphatic carbocycles. The van der Waals surface area contributed by atoms with Gasteiger partial charge in [0.05, 0.1) is 5.71 Å². The highest BCUT2D eigenvalue weighted by molar-refractivity contribution is 7.80. The molecule has 3 N–H and O–H groups in total. The van der Waals surface area contributed by atoms with E-state index in [0.29, 0.717) is 11.3 Å². The van der Waals surface area contributed by atoms with Gasteiger partial charge in [-0.2, -0.15) is 5.10 Å². The standard InChI is InChI=1S/C21H19N3O3S/c1-12-18-15(23-24-21(22)28)9-5-11-17(18)26-19(12)20(25)27-16-10-4-7-13-6-2-3-8-14(13)16/h2-4,6-8,10H,5,9,11H2,1H3,(H3,22,24,28)/b23-15+. The third-order valence-corrected chi connectivity index (χ3v) is 4.86. The van der Waals surface area contributed by atoms with Gasteiger partial charge in [-0.05, 0) is 43.4 Å². The number of rotatable bonds is 3. The summed E-state index contributed by atoms with van der Waals surface area (Å²) in [5, 5.41) is 6.24. The molecule has 4 rings (SSSR count). The molecule has 142 valence electrons. The Hall–Kier alpha value is -3.19. The lowest BCUT2D eigenvalue weighted by atomic mass is 9.93. The van der Waals surface area contributed by atoms with Gasteiger partial charge in [-0.3, -0.25) is 5.43 Å². The van der Waals surface area contributed by atoms with E-state index in [1.54, 1.807) is 6.07 Å². The summed E-state index contributed by atoms with van der Waals surface area (Å²) in [7, 11) is 0. The number of nitrogens with two attached hydrogens (primary N) is 1. The molecule has 2 aromatic carbocycles. The minimum atomic E-state index is -0.523. The zero-order chi connectivity index (χ0) is 19.7. The summed E-state index contributed by atoms with van der Waals surface area (Å²) in [4.78, 5) is 12.9. The lowest BCUT2D eigenvalue weighted by Gasteiger charge is -2.13. The van der Waals surface area contributed by atoms with Gasteiger partial charge in [0.2, 0.25) is 5.76 Å². The second-order valence-electron chi connectivity index (χ2n) is 6.61. The zero-order valence-corrected chi connectivity index (χ0v) is 16.1. The Morgan fingerprint density at radius 2 is 2.00 bits per heavy atom. The first-order valence-electron chi connectivity index (χ1n) is 8.99. The van der Waals surface area contributed by atoms with Crippen molar-refractivity contribution in [3.8, 4) is 5.75 Å². The number of furan rings is 1. The Balaban J connectivity index is 1.67. The van der Waals surface area contributed by atoms with Gasteiger partial charge in [-0.15, -0.1) is 0 Å². The molecule has 0 unspecified atom stereocenters. The second-order valence-corrected chi connectivity index (χ2v) is 7.05. The number of nitrogens with one attached hydrogen (secondary N) is 1. The Labute approximate surface area is 167 Å². The van der Waals surface area contributed by atoms with E-state index in [9.17, 15) is 4.79 Å². The van der Waals surface area contributed by atoms with E-state index in [2.05, 4.69) is 10.5 Å². The van der Waals surface area contributed by atoms with Crippen molar-refractivity contribution in [2.75, 3.05) is 0 Å².